The van der Waals surface area contributed by atoms with Crippen LogP contribution in [0.25, 0.3) is 55.8 Å². The molecule has 314 valence electrons. The number of hydrogen-bond donors (Lipinski definition) is 1. The number of hydrogen-bond acceptors (Lipinski definition) is 10. The van der Waals surface area contributed by atoms with E-state index >= 15 is 0 Å². The summed E-state index contributed by atoms with van der Waals surface area (Å²) in [6.07, 6.45) is -9.68. The maximum atomic E-state index is 13.1. The molecule has 0 spiro atoms. The Bertz CT molecular complexity index is 3210. The van der Waals surface area contributed by atoms with Gasteiger partial charge in [-0.05, 0) is 74.5 Å². The summed E-state index contributed by atoms with van der Waals surface area (Å²) in [6, 6.07) is 20.3. The first-order valence-electron chi connectivity index (χ1n) is 17.7. The van der Waals surface area contributed by atoms with Gasteiger partial charge in [-0.3, -0.25) is 14.2 Å². The standard InChI is InChI=1S/C21H16F3N3O4.C20H14F3N3O4/c1-11-4-6-15(30-3)13(8-11)19-14-9-12(5-7-16(14)31-25-19)27-18(28)10-17(21(22,23)24)26(2)20(27)29;1-10-3-5-14(29-2)12(7-10)18-13-8-11(4-6-15(13)30-25-18)26-17(27)9-16(20(21,22)23)24-19(26)28/h4-10H,1-3H3;3-9H,1-2H3,(H,24,28). The lowest BCUT2D eigenvalue weighted by molar-refractivity contribution is -0.144. The first kappa shape index (κ1) is 41.5. The molecule has 8 aromatic rings. The predicted molar refractivity (Wildman–Crippen MR) is 209 cm³/mol. The molecule has 0 radical (unpaired) electrons. The van der Waals surface area contributed by atoms with E-state index in [0.717, 1.165) is 18.2 Å². The fourth-order valence-electron chi connectivity index (χ4n) is 6.56. The number of rotatable bonds is 6. The van der Waals surface area contributed by atoms with Crippen LogP contribution in [0.2, 0.25) is 0 Å². The minimum Gasteiger partial charge on any atom is -0.496 e. The van der Waals surface area contributed by atoms with Crippen molar-refractivity contribution >= 4 is 21.9 Å². The molecule has 0 bridgehead atoms. The Kier molecular flexibility index (Phi) is 10.6. The molecule has 4 aromatic carbocycles. The van der Waals surface area contributed by atoms with E-state index in [1.807, 2.05) is 38.1 Å². The quantitative estimate of drug-likeness (QED) is 0.167. The molecule has 0 saturated heterocycles. The van der Waals surface area contributed by atoms with Gasteiger partial charge in [0.1, 0.15) is 34.3 Å². The molecule has 4 aromatic heterocycles. The van der Waals surface area contributed by atoms with Crippen molar-refractivity contribution in [1.82, 2.24) is 29.0 Å². The number of aromatic amines is 1. The molecule has 0 amide bonds. The van der Waals surface area contributed by atoms with E-state index in [9.17, 15) is 45.5 Å². The van der Waals surface area contributed by atoms with Crippen molar-refractivity contribution in [3.8, 4) is 45.4 Å². The average Bonchev–Trinajstić information content (AvgIpc) is 3.82. The van der Waals surface area contributed by atoms with E-state index < -0.39 is 46.2 Å². The number of ether oxygens (including phenoxy) is 2. The van der Waals surface area contributed by atoms with Crippen LogP contribution in [0, 0.1) is 13.8 Å². The molecule has 14 nitrogen and oxygen atoms in total. The number of aryl methyl sites for hydroxylation is 2. The van der Waals surface area contributed by atoms with E-state index in [1.165, 1.54) is 50.6 Å². The molecule has 61 heavy (non-hydrogen) atoms. The highest BCUT2D eigenvalue weighted by Gasteiger charge is 2.35. The Morgan fingerprint density at radius 1 is 0.607 bits per heavy atom. The van der Waals surface area contributed by atoms with Gasteiger partial charge in [-0.2, -0.15) is 26.3 Å². The van der Waals surface area contributed by atoms with Crippen LogP contribution in [0.3, 0.4) is 0 Å². The number of alkyl halides is 6. The van der Waals surface area contributed by atoms with Crippen LogP contribution < -0.4 is 32.0 Å². The molecule has 0 unspecified atom stereocenters. The van der Waals surface area contributed by atoms with Crippen molar-refractivity contribution in [2.75, 3.05) is 14.2 Å². The fourth-order valence-corrected chi connectivity index (χ4v) is 6.56. The highest BCUT2D eigenvalue weighted by atomic mass is 19.4. The third-order valence-electron chi connectivity index (χ3n) is 9.49. The Labute approximate surface area is 337 Å². The maximum Gasteiger partial charge on any atom is 0.431 e. The van der Waals surface area contributed by atoms with Gasteiger partial charge >= 0.3 is 23.7 Å². The van der Waals surface area contributed by atoms with E-state index in [1.54, 1.807) is 17.1 Å². The lowest BCUT2D eigenvalue weighted by Crippen LogP contribution is -2.40. The van der Waals surface area contributed by atoms with Gasteiger partial charge in [-0.15, -0.1) is 0 Å². The zero-order chi connectivity index (χ0) is 44.1. The van der Waals surface area contributed by atoms with Gasteiger partial charge < -0.3 is 23.5 Å². The Balaban J connectivity index is 0.000000184. The van der Waals surface area contributed by atoms with Gasteiger partial charge in [0.05, 0.1) is 36.4 Å². The van der Waals surface area contributed by atoms with Crippen molar-refractivity contribution in [2.45, 2.75) is 26.2 Å². The fraction of sp³-hybridized carbons (Fsp3) is 0.171. The van der Waals surface area contributed by atoms with Crippen LogP contribution >= 0.6 is 0 Å². The first-order chi connectivity index (χ1) is 28.8. The Morgan fingerprint density at radius 3 is 1.52 bits per heavy atom. The third-order valence-corrected chi connectivity index (χ3v) is 9.49. The molecular weight excluding hydrogens is 818 g/mol. The highest BCUT2D eigenvalue weighted by molar-refractivity contribution is 5.95. The third kappa shape index (κ3) is 7.81. The number of fused-ring (bicyclic) bond motifs is 2. The maximum absolute atomic E-state index is 13.1. The second-order valence-electron chi connectivity index (χ2n) is 13.5. The first-order valence-corrected chi connectivity index (χ1v) is 17.7. The summed E-state index contributed by atoms with van der Waals surface area (Å²) in [7, 11) is 3.97. The number of methoxy groups -OCH3 is 2. The lowest BCUT2D eigenvalue weighted by Gasteiger charge is -2.14. The van der Waals surface area contributed by atoms with Crippen LogP contribution in [0.4, 0.5) is 26.3 Å². The van der Waals surface area contributed by atoms with Gasteiger partial charge in [-0.25, -0.2) is 18.7 Å². The normalized spacial score (nSPS) is 11.8. The summed E-state index contributed by atoms with van der Waals surface area (Å²) < 4.78 is 101. The Morgan fingerprint density at radius 2 is 1.08 bits per heavy atom. The zero-order valence-electron chi connectivity index (χ0n) is 32.4. The molecule has 0 fully saturated rings. The van der Waals surface area contributed by atoms with E-state index in [-0.39, 0.29) is 11.4 Å². The van der Waals surface area contributed by atoms with Crippen molar-refractivity contribution in [3.63, 3.8) is 0 Å². The summed E-state index contributed by atoms with van der Waals surface area (Å²) >= 11 is 0. The van der Waals surface area contributed by atoms with E-state index in [2.05, 4.69) is 10.3 Å². The second-order valence-corrected chi connectivity index (χ2v) is 13.5. The van der Waals surface area contributed by atoms with Gasteiger partial charge in [0.25, 0.3) is 11.1 Å². The largest absolute Gasteiger partial charge is 0.496 e. The SMILES string of the molecule is COc1ccc(C)cc1-c1noc2ccc(-n3c(=O)cc(C(F)(F)F)[nH]c3=O)cc12.COc1ccc(C)cc1-c1noc2ccc(-n3c(=O)cc(C(F)(F)F)n(C)c3=O)cc12. The number of nitrogens with zero attached hydrogens (tertiary/aromatic N) is 5. The van der Waals surface area contributed by atoms with Crippen molar-refractivity contribution in [3.05, 3.63) is 149 Å². The van der Waals surface area contributed by atoms with Crippen LogP contribution in [0.1, 0.15) is 22.5 Å². The molecule has 0 saturated carbocycles. The molecule has 0 aliphatic heterocycles. The molecule has 8 rings (SSSR count). The molecule has 0 aliphatic rings. The minimum atomic E-state index is -4.84. The smallest absolute Gasteiger partial charge is 0.431 e. The highest BCUT2D eigenvalue weighted by Crippen LogP contribution is 2.37. The zero-order valence-corrected chi connectivity index (χ0v) is 32.4. The summed E-state index contributed by atoms with van der Waals surface area (Å²) in [6.45, 7) is 3.78. The lowest BCUT2D eigenvalue weighted by atomic mass is 10.0. The minimum absolute atomic E-state index is 0.0681. The van der Waals surface area contributed by atoms with Gasteiger partial charge in [0, 0.05) is 30.3 Å². The topological polar surface area (TPSA) is 169 Å². The van der Waals surface area contributed by atoms with E-state index in [0.29, 0.717) is 81.8 Å². The number of benzene rings is 4. The number of nitrogens with one attached hydrogen (secondary N) is 1. The average molecular weight is 849 g/mol. The number of aromatic nitrogens is 6. The summed E-state index contributed by atoms with van der Waals surface area (Å²) in [5.41, 5.74) is -2.42. The number of H-pyrrole nitrogens is 1. The van der Waals surface area contributed by atoms with Crippen LogP contribution in [0.5, 0.6) is 11.5 Å². The van der Waals surface area contributed by atoms with Crippen molar-refractivity contribution in [1.29, 1.82) is 0 Å². The summed E-state index contributed by atoms with van der Waals surface area (Å²) in [5.74, 6) is 1.07. The van der Waals surface area contributed by atoms with E-state index in [4.69, 9.17) is 18.5 Å². The monoisotopic (exact) mass is 848 g/mol. The van der Waals surface area contributed by atoms with Crippen LogP contribution in [-0.2, 0) is 19.4 Å². The number of halogens is 6. The van der Waals surface area contributed by atoms with Gasteiger partial charge in [-0.1, -0.05) is 33.6 Å². The van der Waals surface area contributed by atoms with Gasteiger partial charge in [0.15, 0.2) is 11.2 Å². The Hall–Kier alpha value is -7.64. The molecule has 0 aliphatic carbocycles. The molecule has 1 N–H and O–H groups in total. The molecule has 0 atom stereocenters. The summed E-state index contributed by atoms with van der Waals surface area (Å²) in [4.78, 5) is 51.2. The molecular formula is C41H30F6N6O8. The molecule has 20 heteroatoms. The van der Waals surface area contributed by atoms with Crippen molar-refractivity contribution in [2.24, 2.45) is 7.05 Å². The van der Waals surface area contributed by atoms with Crippen molar-refractivity contribution < 1.29 is 44.9 Å². The predicted octanol–water partition coefficient (Wildman–Crippen LogP) is 7.35. The molecule has 4 heterocycles. The van der Waals surface area contributed by atoms with Crippen LogP contribution in [0.15, 0.2) is 113 Å². The second kappa shape index (κ2) is 15.5. The van der Waals surface area contributed by atoms with Gasteiger partial charge in [0.2, 0.25) is 0 Å². The summed E-state index contributed by atoms with van der Waals surface area (Å²) in [5, 5.41) is 9.08. The van der Waals surface area contributed by atoms with Crippen LogP contribution in [-0.4, -0.2) is 43.2 Å².